The van der Waals surface area contributed by atoms with Crippen molar-refractivity contribution < 1.29 is 0 Å². The second kappa shape index (κ2) is 6.20. The summed E-state index contributed by atoms with van der Waals surface area (Å²) in [4.78, 5) is 22.4. The molecule has 1 N–H and O–H groups in total. The van der Waals surface area contributed by atoms with Gasteiger partial charge in [0.2, 0.25) is 0 Å². The molecule has 0 radical (unpaired) electrons. The van der Waals surface area contributed by atoms with Gasteiger partial charge in [-0.2, -0.15) is 0 Å². The molecule has 4 nitrogen and oxygen atoms in total. The van der Waals surface area contributed by atoms with Crippen LogP contribution in [0.1, 0.15) is 33.0 Å². The monoisotopic (exact) mass is 377 g/mol. The molecule has 0 saturated heterocycles. The van der Waals surface area contributed by atoms with Crippen molar-refractivity contribution in [1.29, 1.82) is 0 Å². The van der Waals surface area contributed by atoms with Gasteiger partial charge in [0.25, 0.3) is 5.56 Å². The summed E-state index contributed by atoms with van der Waals surface area (Å²) in [5, 5.41) is 0.713. The number of nitrogens with zero attached hydrogens (tertiary/aromatic N) is 2. The molecule has 3 aromatic heterocycles. The minimum atomic E-state index is -0.0617. The normalized spacial score (nSPS) is 11.5. The van der Waals surface area contributed by atoms with Crippen LogP contribution < -0.4 is 5.56 Å². The summed E-state index contributed by atoms with van der Waals surface area (Å²) in [5.74, 6) is 0.637. The topological polar surface area (TPSA) is 50.7 Å². The van der Waals surface area contributed by atoms with E-state index in [1.54, 1.807) is 11.3 Å². The number of thiophene rings is 1. The lowest BCUT2D eigenvalue weighted by molar-refractivity contribution is 0.951. The van der Waals surface area contributed by atoms with E-state index in [1.165, 1.54) is 16.8 Å². The number of hydrogen-bond acceptors (Lipinski definition) is 3. The average Bonchev–Trinajstić information content (AvgIpc) is 3.07. The van der Waals surface area contributed by atoms with Crippen LogP contribution >= 0.6 is 11.3 Å². The number of hydrogen-bond donors (Lipinski definition) is 1. The van der Waals surface area contributed by atoms with Crippen molar-refractivity contribution in [3.8, 4) is 17.1 Å². The van der Waals surface area contributed by atoms with E-state index in [-0.39, 0.29) is 5.56 Å². The Balaban J connectivity index is 1.96. The van der Waals surface area contributed by atoms with Gasteiger partial charge in [-0.25, -0.2) is 4.98 Å². The van der Waals surface area contributed by atoms with E-state index in [9.17, 15) is 4.79 Å². The fourth-order valence-corrected chi connectivity index (χ4v) is 4.76. The van der Waals surface area contributed by atoms with Crippen molar-refractivity contribution in [2.24, 2.45) is 0 Å². The van der Waals surface area contributed by atoms with Crippen molar-refractivity contribution in [2.45, 2.75) is 41.5 Å². The van der Waals surface area contributed by atoms with Gasteiger partial charge in [-0.3, -0.25) is 4.79 Å². The van der Waals surface area contributed by atoms with Crippen LogP contribution in [0.4, 0.5) is 0 Å². The van der Waals surface area contributed by atoms with Gasteiger partial charge in [0.15, 0.2) is 0 Å². The summed E-state index contributed by atoms with van der Waals surface area (Å²) in [7, 11) is 0. The molecule has 0 amide bonds. The zero-order valence-corrected chi connectivity index (χ0v) is 17.3. The van der Waals surface area contributed by atoms with Gasteiger partial charge in [-0.05, 0) is 70.4 Å². The lowest BCUT2D eigenvalue weighted by atomic mass is 10.1. The van der Waals surface area contributed by atoms with Crippen molar-refractivity contribution in [3.63, 3.8) is 0 Å². The van der Waals surface area contributed by atoms with Crippen LogP contribution in [-0.4, -0.2) is 14.5 Å². The Morgan fingerprint density at radius 2 is 1.78 bits per heavy atom. The fraction of sp³-hybridized carbons (Fsp3) is 0.273. The Morgan fingerprint density at radius 3 is 2.52 bits per heavy atom. The summed E-state index contributed by atoms with van der Waals surface area (Å²) in [6.45, 7) is 12.5. The Morgan fingerprint density at radius 1 is 1.04 bits per heavy atom. The van der Waals surface area contributed by atoms with E-state index < -0.39 is 0 Å². The molecule has 5 heteroatoms. The Kier molecular flexibility index (Phi) is 4.07. The van der Waals surface area contributed by atoms with Crippen molar-refractivity contribution in [3.05, 3.63) is 67.6 Å². The van der Waals surface area contributed by atoms with Crippen LogP contribution in [-0.2, 0) is 0 Å². The summed E-state index contributed by atoms with van der Waals surface area (Å²) in [5.41, 5.74) is 7.82. The molecule has 0 aliphatic carbocycles. The molecule has 3 heterocycles. The number of fused-ring (bicyclic) bond motifs is 1. The first kappa shape index (κ1) is 17.7. The zero-order chi connectivity index (χ0) is 19.5. The Labute approximate surface area is 162 Å². The van der Waals surface area contributed by atoms with Crippen molar-refractivity contribution in [1.82, 2.24) is 14.5 Å². The molecule has 4 aromatic rings. The van der Waals surface area contributed by atoms with Crippen LogP contribution in [0.25, 0.3) is 27.3 Å². The largest absolute Gasteiger partial charge is 0.317 e. The summed E-state index contributed by atoms with van der Waals surface area (Å²) in [6, 6.07) is 8.45. The van der Waals surface area contributed by atoms with Gasteiger partial charge in [0, 0.05) is 27.5 Å². The summed E-state index contributed by atoms with van der Waals surface area (Å²) >= 11 is 1.58. The molecule has 0 aliphatic heterocycles. The van der Waals surface area contributed by atoms with Crippen LogP contribution in [0.5, 0.6) is 0 Å². The van der Waals surface area contributed by atoms with Gasteiger partial charge >= 0.3 is 0 Å². The second-order valence-electron chi connectivity index (χ2n) is 7.22. The first-order valence-electron chi connectivity index (χ1n) is 9.05. The maximum atomic E-state index is 12.7. The lowest BCUT2D eigenvalue weighted by Crippen LogP contribution is -2.09. The first-order chi connectivity index (χ1) is 12.8. The van der Waals surface area contributed by atoms with E-state index in [1.807, 2.05) is 13.8 Å². The quantitative estimate of drug-likeness (QED) is 0.516. The van der Waals surface area contributed by atoms with Gasteiger partial charge in [-0.15, -0.1) is 11.3 Å². The number of aryl methyl sites for hydroxylation is 4. The lowest BCUT2D eigenvalue weighted by Gasteiger charge is -2.14. The number of H-pyrrole nitrogens is 1. The maximum absolute atomic E-state index is 12.7. The van der Waals surface area contributed by atoms with Crippen LogP contribution in [0, 0.1) is 41.5 Å². The molecular formula is C22H23N3OS. The van der Waals surface area contributed by atoms with Gasteiger partial charge in [0.05, 0.1) is 5.39 Å². The highest BCUT2D eigenvalue weighted by Crippen LogP contribution is 2.31. The highest BCUT2D eigenvalue weighted by molar-refractivity contribution is 7.18. The van der Waals surface area contributed by atoms with Crippen LogP contribution in [0.3, 0.4) is 0 Å². The molecule has 27 heavy (non-hydrogen) atoms. The molecular weight excluding hydrogens is 354 g/mol. The third kappa shape index (κ3) is 2.65. The van der Waals surface area contributed by atoms with Gasteiger partial charge in [-0.1, -0.05) is 12.1 Å². The van der Waals surface area contributed by atoms with E-state index in [0.717, 1.165) is 32.2 Å². The number of aromatic nitrogens is 3. The molecule has 138 valence electrons. The number of benzene rings is 1. The van der Waals surface area contributed by atoms with E-state index in [2.05, 4.69) is 61.5 Å². The van der Waals surface area contributed by atoms with Crippen LogP contribution in [0.2, 0.25) is 0 Å². The highest BCUT2D eigenvalue weighted by Gasteiger charge is 2.18. The minimum Gasteiger partial charge on any atom is -0.317 e. The number of aromatic amines is 1. The number of rotatable bonds is 2. The molecule has 0 aliphatic rings. The first-order valence-corrected chi connectivity index (χ1v) is 9.87. The molecule has 0 atom stereocenters. The third-order valence-electron chi connectivity index (χ3n) is 5.54. The fourth-order valence-electron chi connectivity index (χ4n) is 3.73. The average molecular weight is 378 g/mol. The third-order valence-corrected chi connectivity index (χ3v) is 6.64. The molecule has 0 spiro atoms. The Hall–Kier alpha value is -2.66. The molecule has 4 rings (SSSR count). The van der Waals surface area contributed by atoms with Crippen LogP contribution in [0.15, 0.2) is 29.1 Å². The predicted molar refractivity (Wildman–Crippen MR) is 113 cm³/mol. The van der Waals surface area contributed by atoms with E-state index in [0.29, 0.717) is 11.2 Å². The Bertz CT molecular complexity index is 1260. The minimum absolute atomic E-state index is 0.0617. The molecule has 0 saturated carbocycles. The highest BCUT2D eigenvalue weighted by atomic mass is 32.1. The van der Waals surface area contributed by atoms with Gasteiger partial charge < -0.3 is 9.55 Å². The standard InChI is InChI=1S/C22H23N3OS/c1-11-8-7-9-18(13(11)3)25-12(2)10-17(15(25)5)20-23-21(26)19-14(4)16(6)27-22(19)24-20/h7-10H,1-6H3,(H,23,24,26). The maximum Gasteiger partial charge on any atom is 0.260 e. The predicted octanol–water partition coefficient (Wildman–Crippen LogP) is 5.29. The molecule has 0 fully saturated rings. The second-order valence-corrected chi connectivity index (χ2v) is 8.42. The van der Waals surface area contributed by atoms with E-state index in [4.69, 9.17) is 4.98 Å². The summed E-state index contributed by atoms with van der Waals surface area (Å²) in [6.07, 6.45) is 0. The van der Waals surface area contributed by atoms with Crippen molar-refractivity contribution in [2.75, 3.05) is 0 Å². The van der Waals surface area contributed by atoms with E-state index >= 15 is 0 Å². The zero-order valence-electron chi connectivity index (χ0n) is 16.5. The van der Waals surface area contributed by atoms with Crippen molar-refractivity contribution >= 4 is 21.6 Å². The van der Waals surface area contributed by atoms with Gasteiger partial charge in [0.1, 0.15) is 10.7 Å². The smallest absolute Gasteiger partial charge is 0.260 e. The summed E-state index contributed by atoms with van der Waals surface area (Å²) < 4.78 is 2.24. The molecule has 0 bridgehead atoms. The molecule has 0 unspecified atom stereocenters. The number of nitrogens with one attached hydrogen (secondary N) is 1. The SMILES string of the molecule is Cc1cccc(-n2c(C)cc(-c3nc4sc(C)c(C)c4c(=O)[nH]3)c2C)c1C. The molecule has 1 aromatic carbocycles.